The van der Waals surface area contributed by atoms with Gasteiger partial charge in [0.25, 0.3) is 5.91 Å². The lowest BCUT2D eigenvalue weighted by molar-refractivity contribution is 0.0732. The van der Waals surface area contributed by atoms with Crippen LogP contribution in [0.5, 0.6) is 0 Å². The van der Waals surface area contributed by atoms with Gasteiger partial charge in [-0.1, -0.05) is 6.92 Å². The first-order valence-corrected chi connectivity index (χ1v) is 5.90. The van der Waals surface area contributed by atoms with Crippen LogP contribution in [-0.4, -0.2) is 37.0 Å². The van der Waals surface area contributed by atoms with E-state index >= 15 is 0 Å². The van der Waals surface area contributed by atoms with E-state index in [0.29, 0.717) is 5.76 Å². The maximum Gasteiger partial charge on any atom is 0.289 e. The quantitative estimate of drug-likeness (QED) is 0.819. The average molecular weight is 222 g/mol. The fraction of sp³-hybridized carbons (Fsp3) is 0.583. The number of aryl methyl sites for hydroxylation is 1. The zero-order chi connectivity index (χ0) is 11.4. The minimum Gasteiger partial charge on any atom is -0.456 e. The number of hydrogen-bond donors (Lipinski definition) is 1. The summed E-state index contributed by atoms with van der Waals surface area (Å²) in [4.78, 5) is 13.9. The van der Waals surface area contributed by atoms with Crippen LogP contribution in [0.2, 0.25) is 0 Å². The highest BCUT2D eigenvalue weighted by Crippen LogP contribution is 2.12. The molecule has 0 saturated carbocycles. The van der Waals surface area contributed by atoms with Crippen molar-refractivity contribution in [1.82, 2.24) is 10.2 Å². The summed E-state index contributed by atoms with van der Waals surface area (Å²) >= 11 is 0. The predicted molar refractivity (Wildman–Crippen MR) is 61.5 cm³/mol. The van der Waals surface area contributed by atoms with Crippen LogP contribution >= 0.6 is 0 Å². The summed E-state index contributed by atoms with van der Waals surface area (Å²) in [5.74, 6) is 1.36. The second-order valence-corrected chi connectivity index (χ2v) is 4.02. The molecule has 2 rings (SSSR count). The van der Waals surface area contributed by atoms with Crippen molar-refractivity contribution in [3.8, 4) is 0 Å². The van der Waals surface area contributed by atoms with Crippen molar-refractivity contribution >= 4 is 5.91 Å². The Bertz CT molecular complexity index is 352. The highest BCUT2D eigenvalue weighted by Gasteiger charge is 2.19. The Labute approximate surface area is 95.6 Å². The topological polar surface area (TPSA) is 45.5 Å². The molecule has 0 radical (unpaired) electrons. The van der Waals surface area contributed by atoms with Crippen LogP contribution < -0.4 is 5.32 Å². The average Bonchev–Trinajstić information content (AvgIpc) is 2.62. The number of amides is 1. The van der Waals surface area contributed by atoms with E-state index < -0.39 is 0 Å². The van der Waals surface area contributed by atoms with Crippen LogP contribution in [0.15, 0.2) is 16.5 Å². The van der Waals surface area contributed by atoms with Crippen molar-refractivity contribution in [2.75, 3.05) is 26.2 Å². The zero-order valence-corrected chi connectivity index (χ0v) is 9.66. The molecule has 1 aliphatic heterocycles. The molecule has 0 aromatic carbocycles. The lowest BCUT2D eigenvalue weighted by atomic mass is 10.3. The van der Waals surface area contributed by atoms with Gasteiger partial charge >= 0.3 is 0 Å². The van der Waals surface area contributed by atoms with Gasteiger partial charge in [0.1, 0.15) is 5.76 Å². The van der Waals surface area contributed by atoms with Gasteiger partial charge in [0.15, 0.2) is 5.76 Å². The molecule has 0 spiro atoms. The van der Waals surface area contributed by atoms with Crippen molar-refractivity contribution in [2.24, 2.45) is 0 Å². The Kier molecular flexibility index (Phi) is 3.62. The van der Waals surface area contributed by atoms with Crippen molar-refractivity contribution in [3.05, 3.63) is 23.7 Å². The number of hydrogen-bond acceptors (Lipinski definition) is 3. The van der Waals surface area contributed by atoms with Crippen LogP contribution in [-0.2, 0) is 6.42 Å². The van der Waals surface area contributed by atoms with Crippen molar-refractivity contribution in [3.63, 3.8) is 0 Å². The van der Waals surface area contributed by atoms with Crippen LogP contribution in [0.4, 0.5) is 0 Å². The van der Waals surface area contributed by atoms with E-state index in [1.807, 2.05) is 17.9 Å². The maximum atomic E-state index is 12.1. The van der Waals surface area contributed by atoms with Crippen molar-refractivity contribution in [1.29, 1.82) is 0 Å². The third-order valence-electron chi connectivity index (χ3n) is 2.85. The summed E-state index contributed by atoms with van der Waals surface area (Å²) in [6, 6.07) is 3.66. The summed E-state index contributed by atoms with van der Waals surface area (Å²) in [6.07, 6.45) is 1.84. The van der Waals surface area contributed by atoms with Crippen LogP contribution in [0, 0.1) is 0 Å². The molecule has 4 heteroatoms. The zero-order valence-electron chi connectivity index (χ0n) is 9.66. The first kappa shape index (κ1) is 11.2. The molecule has 0 aliphatic carbocycles. The molecule has 1 fully saturated rings. The monoisotopic (exact) mass is 222 g/mol. The van der Waals surface area contributed by atoms with Gasteiger partial charge in [-0.3, -0.25) is 4.79 Å². The van der Waals surface area contributed by atoms with Gasteiger partial charge < -0.3 is 14.6 Å². The molecular weight excluding hydrogens is 204 g/mol. The van der Waals surface area contributed by atoms with E-state index in [1.54, 1.807) is 6.07 Å². The summed E-state index contributed by atoms with van der Waals surface area (Å²) in [7, 11) is 0. The molecule has 1 aromatic heterocycles. The van der Waals surface area contributed by atoms with E-state index in [9.17, 15) is 4.79 Å². The fourth-order valence-electron chi connectivity index (χ4n) is 1.89. The molecule has 0 atom stereocenters. The number of carbonyl (C=O) groups is 1. The van der Waals surface area contributed by atoms with E-state index in [-0.39, 0.29) is 5.91 Å². The Balaban J connectivity index is 2.05. The Morgan fingerprint density at radius 3 is 3.06 bits per heavy atom. The number of nitrogens with one attached hydrogen (secondary N) is 1. The standard InChI is InChI=1S/C12H18N2O2/c1-2-10-4-5-11(16-10)12(15)14-8-3-6-13-7-9-14/h4-5,13H,2-3,6-9H2,1H3. The largest absolute Gasteiger partial charge is 0.456 e. The van der Waals surface area contributed by atoms with Crippen LogP contribution in [0.1, 0.15) is 29.7 Å². The van der Waals surface area contributed by atoms with E-state index in [0.717, 1.165) is 44.8 Å². The number of furan rings is 1. The second kappa shape index (κ2) is 5.16. The van der Waals surface area contributed by atoms with Gasteiger partial charge in [-0.2, -0.15) is 0 Å². The lowest BCUT2D eigenvalue weighted by Crippen LogP contribution is -2.33. The highest BCUT2D eigenvalue weighted by molar-refractivity contribution is 5.91. The van der Waals surface area contributed by atoms with Gasteiger partial charge in [0.05, 0.1) is 0 Å². The van der Waals surface area contributed by atoms with E-state index in [1.165, 1.54) is 0 Å². The van der Waals surface area contributed by atoms with Crippen molar-refractivity contribution < 1.29 is 9.21 Å². The SMILES string of the molecule is CCc1ccc(C(=O)N2CCCNCC2)o1. The third kappa shape index (κ3) is 2.44. The van der Waals surface area contributed by atoms with Crippen LogP contribution in [0.25, 0.3) is 0 Å². The number of rotatable bonds is 2. The summed E-state index contributed by atoms with van der Waals surface area (Å²) in [5, 5.41) is 3.28. The summed E-state index contributed by atoms with van der Waals surface area (Å²) < 4.78 is 5.48. The highest BCUT2D eigenvalue weighted by atomic mass is 16.4. The predicted octanol–water partition coefficient (Wildman–Crippen LogP) is 1.28. The molecule has 2 heterocycles. The molecule has 1 saturated heterocycles. The first-order chi connectivity index (χ1) is 7.81. The van der Waals surface area contributed by atoms with Gasteiger partial charge in [-0.15, -0.1) is 0 Å². The molecular formula is C12H18N2O2. The van der Waals surface area contributed by atoms with E-state index in [4.69, 9.17) is 4.42 Å². The Morgan fingerprint density at radius 2 is 2.31 bits per heavy atom. The smallest absolute Gasteiger partial charge is 0.289 e. The number of nitrogens with zero attached hydrogens (tertiary/aromatic N) is 1. The van der Waals surface area contributed by atoms with E-state index in [2.05, 4.69) is 5.32 Å². The third-order valence-corrected chi connectivity index (χ3v) is 2.85. The van der Waals surface area contributed by atoms with Gasteiger partial charge in [-0.25, -0.2) is 0 Å². The van der Waals surface area contributed by atoms with Gasteiger partial charge in [0.2, 0.25) is 0 Å². The number of carbonyl (C=O) groups excluding carboxylic acids is 1. The van der Waals surface area contributed by atoms with Gasteiger partial charge in [0, 0.05) is 26.1 Å². The lowest BCUT2D eigenvalue weighted by Gasteiger charge is -2.18. The summed E-state index contributed by atoms with van der Waals surface area (Å²) in [5.41, 5.74) is 0. The minimum absolute atomic E-state index is 0.0170. The van der Waals surface area contributed by atoms with Gasteiger partial charge in [-0.05, 0) is 25.1 Å². The minimum atomic E-state index is 0.0170. The molecule has 1 aliphatic rings. The molecule has 0 bridgehead atoms. The van der Waals surface area contributed by atoms with Crippen molar-refractivity contribution in [2.45, 2.75) is 19.8 Å². The molecule has 1 N–H and O–H groups in total. The molecule has 88 valence electrons. The second-order valence-electron chi connectivity index (χ2n) is 4.02. The normalized spacial score (nSPS) is 17.2. The molecule has 4 nitrogen and oxygen atoms in total. The fourth-order valence-corrected chi connectivity index (χ4v) is 1.89. The molecule has 16 heavy (non-hydrogen) atoms. The first-order valence-electron chi connectivity index (χ1n) is 5.90. The van der Waals surface area contributed by atoms with Crippen LogP contribution in [0.3, 0.4) is 0 Å². The molecule has 0 unspecified atom stereocenters. The maximum absolute atomic E-state index is 12.1. The summed E-state index contributed by atoms with van der Waals surface area (Å²) in [6.45, 7) is 5.45. The molecule has 1 aromatic rings. The Morgan fingerprint density at radius 1 is 1.44 bits per heavy atom. The molecule has 1 amide bonds. The Hall–Kier alpha value is -1.29.